The number of aromatic hydroxyl groups is 2. The lowest BCUT2D eigenvalue weighted by Crippen LogP contribution is -2.49. The molecule has 0 bridgehead atoms. The Kier molecular flexibility index (Phi) is 9.14. The first-order valence-corrected chi connectivity index (χ1v) is 19.4. The van der Waals surface area contributed by atoms with Crippen molar-refractivity contribution >= 4 is 39.0 Å². The fraction of sp³-hybridized carbons (Fsp3) is 0.548. The molecule has 0 atom stereocenters. The van der Waals surface area contributed by atoms with Gasteiger partial charge in [0.05, 0.1) is 16.1 Å². The number of rotatable bonds is 8. The molecule has 6 heteroatoms. The average molecular weight is 539 g/mol. The van der Waals surface area contributed by atoms with E-state index >= 15 is 0 Å². The van der Waals surface area contributed by atoms with Crippen LogP contribution in [0.2, 0.25) is 36.3 Å². The number of hydrogen-bond donors (Lipinski definition) is 2. The van der Waals surface area contributed by atoms with Gasteiger partial charge in [0.15, 0.2) is 0 Å². The minimum absolute atomic E-state index is 0.138. The topological polar surface area (TPSA) is 65.2 Å². The van der Waals surface area contributed by atoms with Crippen LogP contribution < -0.4 is 10.4 Å². The maximum Gasteiger partial charge on any atom is 0.123 e. The second-order valence-corrected chi connectivity index (χ2v) is 24.9. The first-order valence-electron chi connectivity index (χ1n) is 13.4. The summed E-state index contributed by atoms with van der Waals surface area (Å²) in [6, 6.07) is 12.0. The van der Waals surface area contributed by atoms with E-state index in [2.05, 4.69) is 104 Å². The Balaban J connectivity index is 2.16. The Labute approximate surface area is 228 Å². The number of phenols is 2. The van der Waals surface area contributed by atoms with E-state index in [-0.39, 0.29) is 15.5 Å². The first kappa shape index (κ1) is 31.0. The van der Waals surface area contributed by atoms with Gasteiger partial charge in [0.2, 0.25) is 0 Å². The lowest BCUT2D eigenvalue weighted by molar-refractivity contribution is 0.396. The van der Waals surface area contributed by atoms with Gasteiger partial charge >= 0.3 is 0 Å². The molecule has 0 unspecified atom stereocenters. The molecule has 4 nitrogen and oxygen atoms in total. The molecule has 0 radical (unpaired) electrons. The third kappa shape index (κ3) is 7.02. The molecule has 0 heterocycles. The van der Waals surface area contributed by atoms with Crippen molar-refractivity contribution in [2.24, 2.45) is 15.4 Å². The van der Waals surface area contributed by atoms with Crippen molar-refractivity contribution in [2.75, 3.05) is 13.1 Å². The van der Waals surface area contributed by atoms with Gasteiger partial charge in [-0.05, 0) is 32.6 Å². The molecule has 0 aliphatic heterocycles. The van der Waals surface area contributed by atoms with E-state index in [1.165, 1.54) is 0 Å². The Hall–Kier alpha value is -2.19. The summed E-state index contributed by atoms with van der Waals surface area (Å²) in [5.41, 5.74) is 1.38. The van der Waals surface area contributed by atoms with Gasteiger partial charge in [-0.3, -0.25) is 9.98 Å². The van der Waals surface area contributed by atoms with Gasteiger partial charge in [-0.25, -0.2) is 0 Å². The summed E-state index contributed by atoms with van der Waals surface area (Å²) in [5.74, 6) is 0.733. The van der Waals surface area contributed by atoms with Crippen LogP contribution in [0, 0.1) is 5.41 Å². The van der Waals surface area contributed by atoms with Gasteiger partial charge in [0, 0.05) is 42.1 Å². The number of aliphatic imine (C=N–C) groups is 2. The summed E-state index contributed by atoms with van der Waals surface area (Å²) >= 11 is 0. The highest BCUT2D eigenvalue weighted by molar-refractivity contribution is 6.93. The highest BCUT2D eigenvalue weighted by Crippen LogP contribution is 2.38. The van der Waals surface area contributed by atoms with E-state index in [4.69, 9.17) is 0 Å². The van der Waals surface area contributed by atoms with Gasteiger partial charge in [0.25, 0.3) is 0 Å². The molecule has 0 aromatic heterocycles. The van der Waals surface area contributed by atoms with E-state index in [0.717, 1.165) is 21.5 Å². The Morgan fingerprint density at radius 1 is 0.622 bits per heavy atom. The van der Waals surface area contributed by atoms with Crippen LogP contribution in [0.5, 0.6) is 11.5 Å². The van der Waals surface area contributed by atoms with Crippen molar-refractivity contribution in [1.82, 2.24) is 0 Å². The summed E-state index contributed by atoms with van der Waals surface area (Å²) in [6.45, 7) is 28.2. The maximum atomic E-state index is 11.0. The predicted octanol–water partition coefficient (Wildman–Crippen LogP) is 7.09. The molecule has 37 heavy (non-hydrogen) atoms. The normalized spacial score (nSPS) is 14.2. The van der Waals surface area contributed by atoms with Crippen LogP contribution in [0.4, 0.5) is 0 Å². The maximum absolute atomic E-state index is 11.0. The van der Waals surface area contributed by atoms with Crippen LogP contribution in [0.15, 0.2) is 46.4 Å². The summed E-state index contributed by atoms with van der Waals surface area (Å²) in [4.78, 5) is 9.38. The van der Waals surface area contributed by atoms with Crippen LogP contribution in [-0.2, 0) is 0 Å². The number of nitrogens with zero attached hydrogens (tertiary/aromatic N) is 2. The molecule has 0 saturated heterocycles. The second kappa shape index (κ2) is 10.9. The summed E-state index contributed by atoms with van der Waals surface area (Å²) in [6.07, 6.45) is 3.60. The molecular weight excluding hydrogens is 489 g/mol. The molecule has 0 saturated carbocycles. The molecule has 2 aromatic rings. The van der Waals surface area contributed by atoms with E-state index in [1.54, 1.807) is 12.4 Å². The quantitative estimate of drug-likeness (QED) is 0.278. The molecule has 204 valence electrons. The van der Waals surface area contributed by atoms with Crippen LogP contribution in [-0.4, -0.2) is 51.9 Å². The fourth-order valence-electron chi connectivity index (χ4n) is 3.98. The molecule has 0 fully saturated rings. The Bertz CT molecular complexity index is 1060. The van der Waals surface area contributed by atoms with Crippen molar-refractivity contribution < 1.29 is 10.2 Å². The smallest absolute Gasteiger partial charge is 0.123 e. The number of hydrogen-bond acceptors (Lipinski definition) is 4. The van der Waals surface area contributed by atoms with E-state index in [1.807, 2.05) is 24.3 Å². The first-order chi connectivity index (χ1) is 16.7. The molecular formula is C31H50N2O2Si2. The largest absolute Gasteiger partial charge is 0.507 e. The zero-order chi connectivity index (χ0) is 28.4. The van der Waals surface area contributed by atoms with Crippen molar-refractivity contribution in [3.05, 3.63) is 47.5 Å². The van der Waals surface area contributed by atoms with Crippen molar-refractivity contribution in [2.45, 2.75) is 91.7 Å². The molecule has 0 spiro atoms. The lowest BCUT2D eigenvalue weighted by atomic mass is 9.94. The average Bonchev–Trinajstić information content (AvgIpc) is 2.74. The standard InChI is InChI=1S/C31H50N2O2Si2/c1-29(2,3)36(9,10)25-17-13-15-23(27(25)34)19-32-21-31(7,8)22-33-20-24-16-14-18-26(28(24)35)37(11,12)30(4,5)6/h13-20,34-35H,21-22H2,1-12H3. The lowest BCUT2D eigenvalue weighted by Gasteiger charge is -2.37. The van der Waals surface area contributed by atoms with Crippen molar-refractivity contribution in [3.63, 3.8) is 0 Å². The number of benzene rings is 2. The highest BCUT2D eigenvalue weighted by atomic mass is 28.3. The van der Waals surface area contributed by atoms with Gasteiger partial charge in [-0.15, -0.1) is 0 Å². The molecule has 0 amide bonds. The zero-order valence-electron chi connectivity index (χ0n) is 25.3. The molecule has 0 aliphatic rings. The summed E-state index contributed by atoms with van der Waals surface area (Å²) in [7, 11) is -3.73. The Morgan fingerprint density at radius 2 is 0.946 bits per heavy atom. The third-order valence-electron chi connectivity index (χ3n) is 8.73. The van der Waals surface area contributed by atoms with Crippen molar-refractivity contribution in [3.8, 4) is 11.5 Å². The minimum atomic E-state index is -1.86. The second-order valence-electron chi connectivity index (χ2n) is 14.3. The van der Waals surface area contributed by atoms with Crippen LogP contribution in [0.25, 0.3) is 0 Å². The predicted molar refractivity (Wildman–Crippen MR) is 169 cm³/mol. The third-order valence-corrected chi connectivity index (χ3v) is 19.7. The SMILES string of the molecule is CC(C)(CN=Cc1cccc([Si](C)(C)C(C)(C)C)c1O)CN=Cc1cccc([Si](C)(C)C(C)(C)C)c1O. The van der Waals surface area contributed by atoms with E-state index in [9.17, 15) is 10.2 Å². The van der Waals surface area contributed by atoms with E-state index in [0.29, 0.717) is 24.6 Å². The Morgan fingerprint density at radius 3 is 1.24 bits per heavy atom. The monoisotopic (exact) mass is 538 g/mol. The van der Waals surface area contributed by atoms with Crippen LogP contribution in [0.3, 0.4) is 0 Å². The van der Waals surface area contributed by atoms with Gasteiger partial charge < -0.3 is 10.2 Å². The number of para-hydroxylation sites is 2. The summed E-state index contributed by atoms with van der Waals surface area (Å²) < 4.78 is 0. The molecule has 0 aliphatic carbocycles. The van der Waals surface area contributed by atoms with Crippen LogP contribution >= 0.6 is 0 Å². The molecule has 2 aromatic carbocycles. The minimum Gasteiger partial charge on any atom is -0.507 e. The van der Waals surface area contributed by atoms with Crippen molar-refractivity contribution in [1.29, 1.82) is 0 Å². The van der Waals surface area contributed by atoms with Gasteiger partial charge in [-0.1, -0.05) is 106 Å². The van der Waals surface area contributed by atoms with Gasteiger partial charge in [-0.2, -0.15) is 0 Å². The summed E-state index contributed by atoms with van der Waals surface area (Å²) in [5, 5.41) is 24.5. The number of phenolic OH excluding ortho intramolecular Hbond substituents is 2. The van der Waals surface area contributed by atoms with Crippen LogP contribution in [0.1, 0.15) is 66.5 Å². The highest BCUT2D eigenvalue weighted by Gasteiger charge is 2.40. The molecule has 2 rings (SSSR count). The molecule has 2 N–H and O–H groups in total. The van der Waals surface area contributed by atoms with Gasteiger partial charge in [0.1, 0.15) is 11.5 Å². The fourth-order valence-corrected chi connectivity index (χ4v) is 8.09. The zero-order valence-corrected chi connectivity index (χ0v) is 27.3. The van der Waals surface area contributed by atoms with E-state index < -0.39 is 16.1 Å².